The van der Waals surface area contributed by atoms with Gasteiger partial charge in [-0.2, -0.15) is 0 Å². The molecule has 3 aliphatic heterocycles. The highest BCUT2D eigenvalue weighted by atomic mass is 16.8. The van der Waals surface area contributed by atoms with Gasteiger partial charge in [-0.05, 0) is 38.5 Å². The Labute approximate surface area is 486 Å². The quantitative estimate of drug-likeness (QED) is 0.0222. The first-order chi connectivity index (χ1) is 39.3. The molecule has 3 rings (SSSR count). The van der Waals surface area contributed by atoms with Crippen LogP contribution in [0, 0.1) is 0 Å². The molecule has 81 heavy (non-hydrogen) atoms. The largest absolute Gasteiger partial charge is 0.394 e. The second-order valence-corrected chi connectivity index (χ2v) is 23.2. The van der Waals surface area contributed by atoms with E-state index in [1.807, 2.05) is 6.08 Å². The molecule has 3 fully saturated rings. The summed E-state index contributed by atoms with van der Waals surface area (Å²) in [5.74, 6) is -0.285. The number of nitrogens with one attached hydrogen (secondary N) is 1. The highest BCUT2D eigenvalue weighted by Crippen LogP contribution is 2.33. The van der Waals surface area contributed by atoms with Gasteiger partial charge in [0.2, 0.25) is 5.91 Å². The number of aliphatic hydroxyl groups is 11. The lowest BCUT2D eigenvalue weighted by atomic mass is 9.96. The smallest absolute Gasteiger partial charge is 0.220 e. The molecule has 0 spiro atoms. The van der Waals surface area contributed by atoms with Crippen LogP contribution in [0.3, 0.4) is 0 Å². The first-order valence-electron chi connectivity index (χ1n) is 32.1. The molecular weight excluding hydrogens is 1050 g/mol. The maximum absolute atomic E-state index is 13.3. The topological polar surface area (TPSA) is 307 Å². The van der Waals surface area contributed by atoms with E-state index in [1.54, 1.807) is 6.08 Å². The Morgan fingerprint density at radius 3 is 1.23 bits per heavy atom. The van der Waals surface area contributed by atoms with Gasteiger partial charge in [0.25, 0.3) is 0 Å². The minimum Gasteiger partial charge on any atom is -0.394 e. The minimum atomic E-state index is -1.98. The van der Waals surface area contributed by atoms with E-state index >= 15 is 0 Å². The summed E-state index contributed by atoms with van der Waals surface area (Å²) in [6, 6.07) is -0.974. The van der Waals surface area contributed by atoms with Crippen molar-refractivity contribution >= 4 is 5.91 Å². The van der Waals surface area contributed by atoms with E-state index in [4.69, 9.17) is 28.4 Å². The fraction of sp³-hybridized carbons (Fsp3) is 0.919. The van der Waals surface area contributed by atoms with E-state index in [0.29, 0.717) is 6.42 Å². The van der Waals surface area contributed by atoms with Crippen molar-refractivity contribution in [3.8, 4) is 0 Å². The summed E-state index contributed by atoms with van der Waals surface area (Å²) in [6.07, 6.45) is 21.8. The summed E-state index contributed by atoms with van der Waals surface area (Å²) in [4.78, 5) is 13.3. The number of hydrogen-bond acceptors (Lipinski definition) is 18. The number of rotatable bonds is 48. The Hall–Kier alpha value is -1.73. The molecule has 3 saturated heterocycles. The average molecular weight is 1160 g/mol. The van der Waals surface area contributed by atoms with E-state index in [9.17, 15) is 61.0 Å². The highest BCUT2D eigenvalue weighted by molar-refractivity contribution is 5.76. The van der Waals surface area contributed by atoms with E-state index < -0.39 is 124 Å². The number of hydrogen-bond donors (Lipinski definition) is 12. The molecule has 0 aromatic heterocycles. The van der Waals surface area contributed by atoms with Gasteiger partial charge in [0.15, 0.2) is 18.9 Å². The van der Waals surface area contributed by atoms with E-state index in [2.05, 4.69) is 31.3 Å². The van der Waals surface area contributed by atoms with Gasteiger partial charge in [-0.3, -0.25) is 4.79 Å². The lowest BCUT2D eigenvalue weighted by Crippen LogP contribution is -2.66. The summed E-state index contributed by atoms with van der Waals surface area (Å²) in [5.41, 5.74) is 0. The van der Waals surface area contributed by atoms with Crippen LogP contribution in [0.25, 0.3) is 0 Å². The van der Waals surface area contributed by atoms with Crippen LogP contribution in [-0.4, -0.2) is 193 Å². The predicted octanol–water partition coefficient (Wildman–Crippen LogP) is 6.71. The number of aliphatic hydroxyl groups excluding tert-OH is 11. The van der Waals surface area contributed by atoms with E-state index in [0.717, 1.165) is 64.2 Å². The molecule has 3 aliphatic rings. The summed E-state index contributed by atoms with van der Waals surface area (Å²) >= 11 is 0. The molecule has 0 aromatic carbocycles. The second kappa shape index (κ2) is 45.6. The lowest BCUT2D eigenvalue weighted by Gasteiger charge is -2.48. The van der Waals surface area contributed by atoms with Crippen LogP contribution in [0.1, 0.15) is 232 Å². The predicted molar refractivity (Wildman–Crippen MR) is 310 cm³/mol. The van der Waals surface area contributed by atoms with E-state index in [-0.39, 0.29) is 18.9 Å². The van der Waals surface area contributed by atoms with Crippen molar-refractivity contribution in [1.82, 2.24) is 5.32 Å². The van der Waals surface area contributed by atoms with E-state index in [1.165, 1.54) is 141 Å². The zero-order valence-corrected chi connectivity index (χ0v) is 49.8. The number of carbonyl (C=O) groups excluding carboxylic acids is 1. The summed E-state index contributed by atoms with van der Waals surface area (Å²) in [7, 11) is 0. The maximum atomic E-state index is 13.3. The normalized spacial score (nSPS) is 29.9. The van der Waals surface area contributed by atoms with Crippen molar-refractivity contribution in [1.29, 1.82) is 0 Å². The Morgan fingerprint density at radius 1 is 0.432 bits per heavy atom. The molecule has 0 saturated carbocycles. The van der Waals surface area contributed by atoms with Gasteiger partial charge >= 0.3 is 0 Å². The third kappa shape index (κ3) is 29.0. The standard InChI is InChI=1S/C62H115NO18/c1-3-5-7-9-11-13-15-16-17-18-19-20-21-22-23-24-25-26-27-28-30-31-33-35-37-39-46(67)45(63-50(68)40-38-36-34-32-29-14-12-10-8-6-4-2)44-76-60-56(74)53(71)58(48(42-65)78-60)81-62-57(75)54(72)59(49(43-66)79-62)80-61-55(73)52(70)51(69)47(41-64)77-61/h10,12,37,39,45-49,51-62,64-67,69-75H,3-9,11,13-36,38,40-44H2,1-2H3,(H,63,68)/b12-10-,39-37+. The number of unbranched alkanes of at least 4 members (excludes halogenated alkanes) is 30. The minimum absolute atomic E-state index is 0.234. The van der Waals surface area contributed by atoms with Crippen molar-refractivity contribution in [3.63, 3.8) is 0 Å². The van der Waals surface area contributed by atoms with Crippen molar-refractivity contribution < 1.29 is 89.4 Å². The zero-order chi connectivity index (χ0) is 59.0. The first-order valence-corrected chi connectivity index (χ1v) is 32.1. The van der Waals surface area contributed by atoms with Gasteiger partial charge in [0.1, 0.15) is 73.2 Å². The molecular formula is C62H115NO18. The van der Waals surface area contributed by atoms with Gasteiger partial charge < -0.3 is 89.9 Å². The molecule has 1 amide bonds. The average Bonchev–Trinajstić information content (AvgIpc) is 3.48. The van der Waals surface area contributed by atoms with Gasteiger partial charge in [-0.15, -0.1) is 0 Å². The molecule has 0 aliphatic carbocycles. The number of carbonyl (C=O) groups is 1. The molecule has 12 N–H and O–H groups in total. The fourth-order valence-electron chi connectivity index (χ4n) is 10.9. The molecule has 0 aromatic rings. The Kier molecular flexibility index (Phi) is 41.4. The molecule has 0 bridgehead atoms. The van der Waals surface area contributed by atoms with Crippen molar-refractivity contribution in [2.75, 3.05) is 26.4 Å². The molecule has 17 atom stereocenters. The van der Waals surface area contributed by atoms with Crippen molar-refractivity contribution in [2.45, 2.75) is 336 Å². The number of ether oxygens (including phenoxy) is 6. The first kappa shape index (κ1) is 73.5. The van der Waals surface area contributed by atoms with Crippen LogP contribution in [0.5, 0.6) is 0 Å². The van der Waals surface area contributed by atoms with Crippen LogP contribution >= 0.6 is 0 Å². The van der Waals surface area contributed by atoms with Crippen LogP contribution in [0.4, 0.5) is 0 Å². The molecule has 476 valence electrons. The van der Waals surface area contributed by atoms with Crippen LogP contribution in [0.2, 0.25) is 0 Å². The number of allylic oxidation sites excluding steroid dienone is 3. The Bertz CT molecular complexity index is 1580. The summed E-state index contributed by atoms with van der Waals surface area (Å²) in [5, 5.41) is 120. The fourth-order valence-corrected chi connectivity index (χ4v) is 10.9. The summed E-state index contributed by atoms with van der Waals surface area (Å²) < 4.78 is 34.2. The lowest BCUT2D eigenvalue weighted by molar-refractivity contribution is -0.379. The zero-order valence-electron chi connectivity index (χ0n) is 49.8. The van der Waals surface area contributed by atoms with Gasteiger partial charge in [-0.25, -0.2) is 0 Å². The molecule has 0 radical (unpaired) electrons. The van der Waals surface area contributed by atoms with Crippen molar-refractivity contribution in [3.05, 3.63) is 24.3 Å². The summed E-state index contributed by atoms with van der Waals surface area (Å²) in [6.45, 7) is 1.68. The third-order valence-corrected chi connectivity index (χ3v) is 16.2. The van der Waals surface area contributed by atoms with Crippen LogP contribution < -0.4 is 5.32 Å². The maximum Gasteiger partial charge on any atom is 0.220 e. The second-order valence-electron chi connectivity index (χ2n) is 23.2. The van der Waals surface area contributed by atoms with Gasteiger partial charge in [0.05, 0.1) is 38.6 Å². The third-order valence-electron chi connectivity index (χ3n) is 16.2. The monoisotopic (exact) mass is 1160 g/mol. The van der Waals surface area contributed by atoms with Gasteiger partial charge in [-0.1, -0.05) is 212 Å². The Balaban J connectivity index is 1.44. The molecule has 19 heteroatoms. The van der Waals surface area contributed by atoms with Gasteiger partial charge in [0, 0.05) is 6.42 Å². The SMILES string of the molecule is CCCC/C=C\CCCCCCCC(=O)NC(COC1OC(CO)C(OC2OC(CO)C(OC3OC(CO)C(O)C(O)C3O)C(O)C2O)C(O)C1O)C(O)/C=C/CCCCCCCCCCCCCCCCCCCCCCCCC. The van der Waals surface area contributed by atoms with Crippen LogP contribution in [-0.2, 0) is 33.2 Å². The molecule has 19 nitrogen and oxygen atoms in total. The highest BCUT2D eigenvalue weighted by Gasteiger charge is 2.53. The molecule has 3 heterocycles. The Morgan fingerprint density at radius 2 is 0.790 bits per heavy atom. The molecule has 17 unspecified atom stereocenters. The van der Waals surface area contributed by atoms with Crippen LogP contribution in [0.15, 0.2) is 24.3 Å². The van der Waals surface area contributed by atoms with Crippen molar-refractivity contribution in [2.24, 2.45) is 0 Å². The number of amides is 1.